The van der Waals surface area contributed by atoms with Gasteiger partial charge in [0.15, 0.2) is 0 Å². The first kappa shape index (κ1) is 18.9. The summed E-state index contributed by atoms with van der Waals surface area (Å²) in [4.78, 5) is 28.6. The topological polar surface area (TPSA) is 78.6 Å². The van der Waals surface area contributed by atoms with Crippen LogP contribution in [0.25, 0.3) is 0 Å². The quantitative estimate of drug-likeness (QED) is 0.793. The Balaban J connectivity index is 1.68. The number of anilines is 1. The van der Waals surface area contributed by atoms with Crippen molar-refractivity contribution < 1.29 is 9.32 Å². The van der Waals surface area contributed by atoms with Gasteiger partial charge < -0.3 is 14.3 Å². The molecule has 0 N–H and O–H groups in total. The molecule has 0 radical (unpaired) electrons. The van der Waals surface area contributed by atoms with Crippen LogP contribution in [0.2, 0.25) is 0 Å². The largest absolute Gasteiger partial charge is 0.361 e. The van der Waals surface area contributed by atoms with Crippen molar-refractivity contribution in [3.05, 3.63) is 35.5 Å². The summed E-state index contributed by atoms with van der Waals surface area (Å²) >= 11 is 0. The van der Waals surface area contributed by atoms with Gasteiger partial charge >= 0.3 is 0 Å². The average Bonchev–Trinajstić information content (AvgIpc) is 3.23. The lowest BCUT2D eigenvalue weighted by atomic mass is 9.74. The van der Waals surface area contributed by atoms with E-state index in [1.54, 1.807) is 17.3 Å². The fourth-order valence-corrected chi connectivity index (χ4v) is 4.86. The molecule has 0 bridgehead atoms. The van der Waals surface area contributed by atoms with Crippen LogP contribution in [0.15, 0.2) is 23.0 Å². The summed E-state index contributed by atoms with van der Waals surface area (Å²) in [5.41, 5.74) is 1.59. The van der Waals surface area contributed by atoms with Gasteiger partial charge in [-0.25, -0.2) is 9.97 Å². The van der Waals surface area contributed by atoms with E-state index in [1.165, 1.54) is 0 Å². The van der Waals surface area contributed by atoms with E-state index in [2.05, 4.69) is 24.9 Å². The molecule has 2 aliphatic rings. The third-order valence-electron chi connectivity index (χ3n) is 6.18. The van der Waals surface area contributed by atoms with E-state index in [0.717, 1.165) is 56.0 Å². The Morgan fingerprint density at radius 3 is 2.71 bits per heavy atom. The molecular formula is C20H28N6O2. The van der Waals surface area contributed by atoms with Crippen LogP contribution in [0.4, 0.5) is 5.95 Å². The predicted molar refractivity (Wildman–Crippen MR) is 105 cm³/mol. The van der Waals surface area contributed by atoms with Crippen LogP contribution in [-0.2, 0) is 11.3 Å². The standard InChI is InChI=1S/C20H28N6O2/c1-14-16(15(2)28-23-14)11-25-12-17-20(13-25,18(27)24(3)4)7-5-10-26(17)19-21-8-6-9-22-19/h6,8-9,17H,5,7,10-13H2,1-4H3/t17-,20-/m0/s1. The molecular weight excluding hydrogens is 356 g/mol. The van der Waals surface area contributed by atoms with Gasteiger partial charge in [-0.05, 0) is 32.8 Å². The summed E-state index contributed by atoms with van der Waals surface area (Å²) in [5, 5.41) is 4.08. The second kappa shape index (κ2) is 7.16. The summed E-state index contributed by atoms with van der Waals surface area (Å²) < 4.78 is 5.34. The number of hydrogen-bond acceptors (Lipinski definition) is 7. The number of piperidine rings is 1. The first-order chi connectivity index (χ1) is 13.4. The van der Waals surface area contributed by atoms with E-state index in [1.807, 2.05) is 34.0 Å². The average molecular weight is 384 g/mol. The van der Waals surface area contributed by atoms with Crippen LogP contribution in [0, 0.1) is 19.3 Å². The summed E-state index contributed by atoms with van der Waals surface area (Å²) in [6.07, 6.45) is 5.37. The Morgan fingerprint density at radius 2 is 2.07 bits per heavy atom. The molecule has 2 aromatic heterocycles. The van der Waals surface area contributed by atoms with Crippen LogP contribution in [0.1, 0.15) is 29.9 Å². The Bertz CT molecular complexity index is 832. The number of nitrogens with zero attached hydrogens (tertiary/aromatic N) is 6. The highest BCUT2D eigenvalue weighted by molar-refractivity contribution is 5.85. The lowest BCUT2D eigenvalue weighted by molar-refractivity contribution is -0.140. The third kappa shape index (κ3) is 3.05. The zero-order valence-corrected chi connectivity index (χ0v) is 17.1. The van der Waals surface area contributed by atoms with Crippen LogP contribution in [0.3, 0.4) is 0 Å². The molecule has 1 amide bonds. The maximum Gasteiger partial charge on any atom is 0.231 e. The first-order valence-electron chi connectivity index (χ1n) is 9.82. The Hall–Kier alpha value is -2.48. The van der Waals surface area contributed by atoms with Crippen molar-refractivity contribution in [2.24, 2.45) is 5.41 Å². The molecule has 150 valence electrons. The van der Waals surface area contributed by atoms with Crippen molar-refractivity contribution in [3.63, 3.8) is 0 Å². The van der Waals surface area contributed by atoms with Crippen LogP contribution in [-0.4, -0.2) is 70.6 Å². The van der Waals surface area contributed by atoms with Crippen molar-refractivity contribution in [2.75, 3.05) is 38.6 Å². The van der Waals surface area contributed by atoms with E-state index in [0.29, 0.717) is 5.95 Å². The van der Waals surface area contributed by atoms with E-state index in [-0.39, 0.29) is 11.9 Å². The van der Waals surface area contributed by atoms with E-state index < -0.39 is 5.41 Å². The van der Waals surface area contributed by atoms with Crippen molar-refractivity contribution >= 4 is 11.9 Å². The number of aryl methyl sites for hydroxylation is 2. The molecule has 8 heteroatoms. The van der Waals surface area contributed by atoms with Crippen LogP contribution >= 0.6 is 0 Å². The fraction of sp³-hybridized carbons (Fsp3) is 0.600. The van der Waals surface area contributed by atoms with E-state index in [4.69, 9.17) is 4.52 Å². The second-order valence-electron chi connectivity index (χ2n) is 8.19. The SMILES string of the molecule is Cc1noc(C)c1CN1C[C@@H]2N(c3ncccn3)CCC[C@]2(C(=O)N(C)C)C1. The molecule has 2 atom stereocenters. The number of likely N-dealkylation sites (tertiary alicyclic amines) is 1. The van der Waals surface area contributed by atoms with Gasteiger partial charge in [-0.15, -0.1) is 0 Å². The molecule has 2 aromatic rings. The lowest BCUT2D eigenvalue weighted by Crippen LogP contribution is -2.58. The van der Waals surface area contributed by atoms with Gasteiger partial charge in [0.2, 0.25) is 11.9 Å². The molecule has 2 aliphatic heterocycles. The number of hydrogen-bond donors (Lipinski definition) is 0. The molecule has 0 aromatic carbocycles. The van der Waals surface area contributed by atoms with Crippen LogP contribution in [0.5, 0.6) is 0 Å². The minimum Gasteiger partial charge on any atom is -0.361 e. The zero-order valence-electron chi connectivity index (χ0n) is 17.1. The number of aromatic nitrogens is 3. The first-order valence-corrected chi connectivity index (χ1v) is 9.82. The van der Waals surface area contributed by atoms with E-state index in [9.17, 15) is 4.79 Å². The summed E-state index contributed by atoms with van der Waals surface area (Å²) in [7, 11) is 3.70. The predicted octanol–water partition coefficient (Wildman–Crippen LogP) is 1.64. The highest BCUT2D eigenvalue weighted by Crippen LogP contribution is 2.44. The van der Waals surface area contributed by atoms with Crippen molar-refractivity contribution in [1.82, 2.24) is 24.9 Å². The molecule has 2 fully saturated rings. The Labute approximate surface area is 165 Å². The minimum atomic E-state index is -0.445. The monoisotopic (exact) mass is 384 g/mol. The molecule has 2 saturated heterocycles. The molecule has 8 nitrogen and oxygen atoms in total. The summed E-state index contributed by atoms with van der Waals surface area (Å²) in [5.74, 6) is 1.75. The molecule has 0 unspecified atom stereocenters. The van der Waals surface area contributed by atoms with Gasteiger partial charge in [0.1, 0.15) is 5.76 Å². The number of rotatable bonds is 4. The normalized spacial score (nSPS) is 25.0. The molecule has 0 aliphatic carbocycles. The smallest absolute Gasteiger partial charge is 0.231 e. The maximum absolute atomic E-state index is 13.4. The Morgan fingerprint density at radius 1 is 1.32 bits per heavy atom. The van der Waals surface area contributed by atoms with Gasteiger partial charge in [0.05, 0.1) is 17.2 Å². The van der Waals surface area contributed by atoms with Gasteiger partial charge in [-0.3, -0.25) is 9.69 Å². The summed E-state index contributed by atoms with van der Waals surface area (Å²) in [6, 6.07) is 1.88. The van der Waals surface area contributed by atoms with Gasteiger partial charge in [0.25, 0.3) is 0 Å². The number of amides is 1. The number of carbonyl (C=O) groups excluding carboxylic acids is 1. The number of carbonyl (C=O) groups is 1. The zero-order chi connectivity index (χ0) is 19.9. The summed E-state index contributed by atoms with van der Waals surface area (Å²) in [6.45, 7) is 7.05. The molecule has 0 saturated carbocycles. The minimum absolute atomic E-state index is 0.0547. The molecule has 4 heterocycles. The van der Waals surface area contributed by atoms with Crippen molar-refractivity contribution in [3.8, 4) is 0 Å². The van der Waals surface area contributed by atoms with Gasteiger partial charge in [0, 0.05) is 58.2 Å². The van der Waals surface area contributed by atoms with Gasteiger partial charge in [-0.2, -0.15) is 0 Å². The molecule has 28 heavy (non-hydrogen) atoms. The maximum atomic E-state index is 13.4. The number of fused-ring (bicyclic) bond motifs is 1. The highest BCUT2D eigenvalue weighted by Gasteiger charge is 2.56. The molecule has 4 rings (SSSR count). The highest BCUT2D eigenvalue weighted by atomic mass is 16.5. The van der Waals surface area contributed by atoms with Crippen LogP contribution < -0.4 is 4.90 Å². The third-order valence-corrected chi connectivity index (χ3v) is 6.18. The lowest BCUT2D eigenvalue weighted by Gasteiger charge is -2.45. The fourth-order valence-electron chi connectivity index (χ4n) is 4.86. The Kier molecular flexibility index (Phi) is 4.82. The van der Waals surface area contributed by atoms with E-state index >= 15 is 0 Å². The molecule has 0 spiro atoms. The van der Waals surface area contributed by atoms with Crippen molar-refractivity contribution in [2.45, 2.75) is 39.3 Å². The van der Waals surface area contributed by atoms with Gasteiger partial charge in [-0.1, -0.05) is 5.16 Å². The van der Waals surface area contributed by atoms with Crippen molar-refractivity contribution in [1.29, 1.82) is 0 Å². The second-order valence-corrected chi connectivity index (χ2v) is 8.19.